The Morgan fingerprint density at radius 3 is 3.13 bits per heavy atom. The van der Waals surface area contributed by atoms with Crippen LogP contribution in [0.25, 0.3) is 0 Å². The van der Waals surface area contributed by atoms with Crippen LogP contribution >= 0.6 is 11.6 Å². The molecule has 0 amide bonds. The number of nitrogens with one attached hydrogen (secondary N) is 1. The largest absolute Gasteiger partial charge is 0.376 e. The number of hydrogen-bond acceptors (Lipinski definition) is 4. The number of hydrogen-bond donors (Lipinski definition) is 1. The minimum absolute atomic E-state index is 0.299. The van der Waals surface area contributed by atoms with E-state index in [1.54, 1.807) is 6.07 Å². The molecule has 15 heavy (non-hydrogen) atoms. The van der Waals surface area contributed by atoms with Crippen LogP contribution in [0.15, 0.2) is 12.4 Å². The second-order valence-electron chi connectivity index (χ2n) is 3.60. The van der Waals surface area contributed by atoms with Gasteiger partial charge in [0.1, 0.15) is 17.3 Å². The number of aromatic nitrogens is 2. The van der Waals surface area contributed by atoms with E-state index in [-0.39, 0.29) is 0 Å². The van der Waals surface area contributed by atoms with Gasteiger partial charge < -0.3 is 10.1 Å². The Kier molecular flexibility index (Phi) is 3.75. The van der Waals surface area contributed by atoms with Crippen molar-refractivity contribution in [2.75, 3.05) is 18.5 Å². The van der Waals surface area contributed by atoms with Crippen molar-refractivity contribution in [1.82, 2.24) is 9.97 Å². The summed E-state index contributed by atoms with van der Waals surface area (Å²) in [6, 6.07) is 1.71. The summed E-state index contributed by atoms with van der Waals surface area (Å²) >= 11 is 5.74. The SMILES string of the molecule is Clc1cc(NCC2CCCCO2)ncn1. The highest BCUT2D eigenvalue weighted by molar-refractivity contribution is 6.29. The average Bonchev–Trinajstić information content (AvgIpc) is 2.28. The molecule has 0 spiro atoms. The average molecular weight is 228 g/mol. The topological polar surface area (TPSA) is 47.0 Å². The molecule has 0 bridgehead atoms. The zero-order valence-corrected chi connectivity index (χ0v) is 9.20. The predicted octanol–water partition coefficient (Wildman–Crippen LogP) is 2.11. The monoisotopic (exact) mass is 227 g/mol. The van der Waals surface area contributed by atoms with Gasteiger partial charge in [-0.1, -0.05) is 11.6 Å². The Hall–Kier alpha value is -0.870. The van der Waals surface area contributed by atoms with Crippen LogP contribution in [0.3, 0.4) is 0 Å². The van der Waals surface area contributed by atoms with Gasteiger partial charge in [-0.15, -0.1) is 0 Å². The molecule has 0 radical (unpaired) electrons. The van der Waals surface area contributed by atoms with Gasteiger partial charge in [0.2, 0.25) is 0 Å². The molecule has 1 aliphatic rings. The minimum atomic E-state index is 0.299. The van der Waals surface area contributed by atoms with E-state index in [2.05, 4.69) is 15.3 Å². The molecule has 5 heteroatoms. The number of anilines is 1. The van der Waals surface area contributed by atoms with Crippen molar-refractivity contribution in [3.8, 4) is 0 Å². The Balaban J connectivity index is 1.81. The summed E-state index contributed by atoms with van der Waals surface area (Å²) in [5.41, 5.74) is 0. The standard InChI is InChI=1S/C10H14ClN3O/c11-9-5-10(14-7-13-9)12-6-8-3-1-2-4-15-8/h5,7-8H,1-4,6H2,(H,12,13,14). The normalized spacial score (nSPS) is 21.3. The molecule has 1 aliphatic heterocycles. The van der Waals surface area contributed by atoms with E-state index in [1.165, 1.54) is 19.2 Å². The Morgan fingerprint density at radius 1 is 1.47 bits per heavy atom. The van der Waals surface area contributed by atoms with Crippen LogP contribution in [0.5, 0.6) is 0 Å². The van der Waals surface area contributed by atoms with Crippen LogP contribution in [0.1, 0.15) is 19.3 Å². The van der Waals surface area contributed by atoms with Gasteiger partial charge in [0.05, 0.1) is 6.10 Å². The quantitative estimate of drug-likeness (QED) is 0.804. The van der Waals surface area contributed by atoms with Gasteiger partial charge in [-0.25, -0.2) is 9.97 Å². The van der Waals surface area contributed by atoms with Crippen LogP contribution in [0.4, 0.5) is 5.82 Å². The molecule has 1 aromatic rings. The van der Waals surface area contributed by atoms with Crippen LogP contribution in [-0.4, -0.2) is 29.2 Å². The van der Waals surface area contributed by atoms with Gasteiger partial charge in [-0.05, 0) is 19.3 Å². The molecule has 1 fully saturated rings. The Morgan fingerprint density at radius 2 is 2.40 bits per heavy atom. The fourth-order valence-electron chi connectivity index (χ4n) is 1.62. The zero-order chi connectivity index (χ0) is 10.5. The summed E-state index contributed by atoms with van der Waals surface area (Å²) in [6.07, 6.45) is 5.29. The molecular weight excluding hydrogens is 214 g/mol. The van der Waals surface area contributed by atoms with Crippen LogP contribution < -0.4 is 5.32 Å². The van der Waals surface area contributed by atoms with E-state index < -0.39 is 0 Å². The van der Waals surface area contributed by atoms with Crippen molar-refractivity contribution < 1.29 is 4.74 Å². The molecular formula is C10H14ClN3O. The molecule has 0 aromatic carbocycles. The van der Waals surface area contributed by atoms with Crippen LogP contribution in [-0.2, 0) is 4.74 Å². The van der Waals surface area contributed by atoms with E-state index in [9.17, 15) is 0 Å². The lowest BCUT2D eigenvalue weighted by atomic mass is 10.1. The summed E-state index contributed by atoms with van der Waals surface area (Å²) in [5, 5.41) is 3.65. The molecule has 1 unspecified atom stereocenters. The summed E-state index contributed by atoms with van der Waals surface area (Å²) in [5.74, 6) is 0.754. The summed E-state index contributed by atoms with van der Waals surface area (Å²) < 4.78 is 5.59. The second kappa shape index (κ2) is 5.28. The van der Waals surface area contributed by atoms with Gasteiger partial charge in [0, 0.05) is 19.2 Å². The predicted molar refractivity (Wildman–Crippen MR) is 59.1 cm³/mol. The van der Waals surface area contributed by atoms with Gasteiger partial charge in [-0.2, -0.15) is 0 Å². The number of rotatable bonds is 3. The van der Waals surface area contributed by atoms with Gasteiger partial charge in [0.25, 0.3) is 0 Å². The summed E-state index contributed by atoms with van der Waals surface area (Å²) in [4.78, 5) is 7.88. The first kappa shape index (κ1) is 10.6. The molecule has 0 aliphatic carbocycles. The number of nitrogens with zero attached hydrogens (tertiary/aromatic N) is 2. The summed E-state index contributed by atoms with van der Waals surface area (Å²) in [7, 11) is 0. The second-order valence-corrected chi connectivity index (χ2v) is 3.98. The van der Waals surface area contributed by atoms with Gasteiger partial charge >= 0.3 is 0 Å². The van der Waals surface area contributed by atoms with Crippen molar-refractivity contribution in [2.24, 2.45) is 0 Å². The molecule has 1 saturated heterocycles. The third kappa shape index (κ3) is 3.32. The van der Waals surface area contributed by atoms with Crippen molar-refractivity contribution >= 4 is 17.4 Å². The van der Waals surface area contributed by atoms with E-state index in [0.717, 1.165) is 25.4 Å². The highest BCUT2D eigenvalue weighted by atomic mass is 35.5. The van der Waals surface area contributed by atoms with Crippen LogP contribution in [0, 0.1) is 0 Å². The minimum Gasteiger partial charge on any atom is -0.376 e. The molecule has 2 rings (SSSR count). The molecule has 0 saturated carbocycles. The maximum Gasteiger partial charge on any atom is 0.134 e. The molecule has 1 N–H and O–H groups in total. The fourth-order valence-corrected chi connectivity index (χ4v) is 1.76. The molecule has 82 valence electrons. The highest BCUT2D eigenvalue weighted by Gasteiger charge is 2.13. The van der Waals surface area contributed by atoms with E-state index in [4.69, 9.17) is 16.3 Å². The third-order valence-corrected chi connectivity index (χ3v) is 2.63. The van der Waals surface area contributed by atoms with E-state index >= 15 is 0 Å². The van der Waals surface area contributed by atoms with Crippen molar-refractivity contribution in [2.45, 2.75) is 25.4 Å². The molecule has 1 aromatic heterocycles. The van der Waals surface area contributed by atoms with E-state index in [0.29, 0.717) is 11.3 Å². The van der Waals surface area contributed by atoms with Crippen molar-refractivity contribution in [1.29, 1.82) is 0 Å². The Bertz CT molecular complexity index is 315. The maximum absolute atomic E-state index is 5.74. The van der Waals surface area contributed by atoms with Crippen molar-refractivity contribution in [3.05, 3.63) is 17.5 Å². The molecule has 2 heterocycles. The fraction of sp³-hybridized carbons (Fsp3) is 0.600. The highest BCUT2D eigenvalue weighted by Crippen LogP contribution is 2.14. The lowest BCUT2D eigenvalue weighted by Crippen LogP contribution is -2.27. The number of ether oxygens (including phenoxy) is 1. The Labute approximate surface area is 94.0 Å². The lowest BCUT2D eigenvalue weighted by Gasteiger charge is -2.22. The first-order valence-electron chi connectivity index (χ1n) is 5.17. The van der Waals surface area contributed by atoms with Gasteiger partial charge in [-0.3, -0.25) is 0 Å². The lowest BCUT2D eigenvalue weighted by molar-refractivity contribution is 0.0247. The maximum atomic E-state index is 5.74. The molecule has 4 nitrogen and oxygen atoms in total. The van der Waals surface area contributed by atoms with E-state index in [1.807, 2.05) is 0 Å². The third-order valence-electron chi connectivity index (χ3n) is 2.42. The first-order chi connectivity index (χ1) is 7.34. The van der Waals surface area contributed by atoms with Crippen molar-refractivity contribution in [3.63, 3.8) is 0 Å². The first-order valence-corrected chi connectivity index (χ1v) is 5.55. The zero-order valence-electron chi connectivity index (χ0n) is 8.45. The van der Waals surface area contributed by atoms with Gasteiger partial charge in [0.15, 0.2) is 0 Å². The van der Waals surface area contributed by atoms with Crippen LogP contribution in [0.2, 0.25) is 5.15 Å². The molecule has 1 atom stereocenters. The smallest absolute Gasteiger partial charge is 0.134 e. The number of halogens is 1. The summed E-state index contributed by atoms with van der Waals surface area (Å²) in [6.45, 7) is 1.66.